The summed E-state index contributed by atoms with van der Waals surface area (Å²) >= 11 is 19.6. The van der Waals surface area contributed by atoms with Crippen molar-refractivity contribution in [2.24, 2.45) is 0 Å². The van der Waals surface area contributed by atoms with Gasteiger partial charge in [0.1, 0.15) is 0 Å². The first-order valence-corrected chi connectivity index (χ1v) is 13.9. The molecule has 0 aliphatic heterocycles. The van der Waals surface area contributed by atoms with Gasteiger partial charge in [-0.1, -0.05) is 37.3 Å². The minimum Gasteiger partial charge on any atom is -0.193 e. The van der Waals surface area contributed by atoms with Crippen molar-refractivity contribution in [3.63, 3.8) is 0 Å². The normalized spacial score (nSPS) is 8.35. The molecule has 9 heteroatoms. The second-order valence-electron chi connectivity index (χ2n) is 2.44. The van der Waals surface area contributed by atoms with Gasteiger partial charge in [-0.3, -0.25) is 0 Å². The van der Waals surface area contributed by atoms with E-state index in [2.05, 4.69) is 31.2 Å². The molecule has 0 radical (unpaired) electrons. The average Bonchev–Trinajstić information content (AvgIpc) is 2.30. The Kier molecular flexibility index (Phi) is 17.3. The minimum absolute atomic E-state index is 0.880. The molecule has 0 amide bonds. The standard InChI is InChI=1S/C8H10.Cl3HSi.ClHO2SSi/c1-2-8-6-4-3-5-7-8;1-4(2)3;1-5-4(2)3/h3-7H,2H2,1H3;4H;5H. The molecule has 0 N–H and O–H groups in total. The van der Waals surface area contributed by atoms with Crippen molar-refractivity contribution in [1.82, 2.24) is 0 Å². The zero-order valence-electron chi connectivity index (χ0n) is 8.99. The number of rotatable bonds is 1. The summed E-state index contributed by atoms with van der Waals surface area (Å²) < 4.78 is 18.5. The number of hydrogen-bond donors (Lipinski definition) is 0. The lowest BCUT2D eigenvalue weighted by Gasteiger charge is -1.89. The molecule has 0 unspecified atom stereocenters. The predicted octanol–water partition coefficient (Wildman–Crippen LogP) is 3.04. The molecule has 0 aliphatic carbocycles. The van der Waals surface area contributed by atoms with Crippen LogP contribution in [0.3, 0.4) is 0 Å². The van der Waals surface area contributed by atoms with E-state index in [9.17, 15) is 8.42 Å². The predicted molar refractivity (Wildman–Crippen MR) is 82.4 cm³/mol. The van der Waals surface area contributed by atoms with Gasteiger partial charge in [-0.05, 0) is 12.0 Å². The Labute approximate surface area is 125 Å². The molecule has 0 saturated carbocycles. The van der Waals surface area contributed by atoms with Crippen molar-refractivity contribution in [3.8, 4) is 0 Å². The summed E-state index contributed by atoms with van der Waals surface area (Å²) in [4.78, 5) is 0. The number of benzene rings is 1. The summed E-state index contributed by atoms with van der Waals surface area (Å²) in [7, 11) is -2.85. The molecular formula is C8H12Cl4O2SSi2. The van der Waals surface area contributed by atoms with Crippen molar-refractivity contribution >= 4 is 68.3 Å². The van der Waals surface area contributed by atoms with E-state index in [0.717, 1.165) is 6.42 Å². The Morgan fingerprint density at radius 3 is 1.71 bits per heavy atom. The van der Waals surface area contributed by atoms with Gasteiger partial charge in [-0.2, -0.15) is 8.42 Å². The average molecular weight is 370 g/mol. The molecule has 1 aromatic carbocycles. The smallest absolute Gasteiger partial charge is 0.193 e. The molecule has 1 rings (SSSR count). The lowest BCUT2D eigenvalue weighted by Crippen LogP contribution is -1.73. The highest BCUT2D eigenvalue weighted by molar-refractivity contribution is 7.83. The highest BCUT2D eigenvalue weighted by atomic mass is 35.8. The second-order valence-corrected chi connectivity index (χ2v) is 12.9. The summed E-state index contributed by atoms with van der Waals surface area (Å²) in [6.07, 6.45) is 1.14. The largest absolute Gasteiger partial charge is 0.326 e. The number of aryl methyl sites for hydroxylation is 1. The molecule has 1 aromatic rings. The third-order valence-electron chi connectivity index (χ3n) is 1.32. The molecule has 0 aliphatic rings. The maximum atomic E-state index is 9.27. The zero-order valence-corrected chi connectivity index (χ0v) is 15.1. The molecule has 0 heterocycles. The Morgan fingerprint density at radius 2 is 1.53 bits per heavy atom. The first kappa shape index (κ1) is 20.0. The van der Waals surface area contributed by atoms with Crippen molar-refractivity contribution < 1.29 is 8.42 Å². The number of hydrogen-bond acceptors (Lipinski definition) is 2. The maximum absolute atomic E-state index is 9.27. The van der Waals surface area contributed by atoms with Crippen molar-refractivity contribution in [2.45, 2.75) is 13.3 Å². The fourth-order valence-corrected chi connectivity index (χ4v) is 0.714. The van der Waals surface area contributed by atoms with E-state index in [1.165, 1.54) is 5.56 Å². The van der Waals surface area contributed by atoms with Gasteiger partial charge in [0, 0.05) is 0 Å². The summed E-state index contributed by atoms with van der Waals surface area (Å²) in [6, 6.07) is 10.5. The van der Waals surface area contributed by atoms with Crippen LogP contribution in [0.5, 0.6) is 0 Å². The van der Waals surface area contributed by atoms with Gasteiger partial charge >= 0.3 is 6.73 Å². The summed E-state index contributed by atoms with van der Waals surface area (Å²) in [6.45, 7) is 0.440. The zero-order chi connectivity index (χ0) is 13.7. The van der Waals surface area contributed by atoms with Gasteiger partial charge in [-0.25, -0.2) is 0 Å². The Morgan fingerprint density at radius 1 is 1.18 bits per heavy atom. The van der Waals surface area contributed by atoms with Gasteiger partial charge in [0.05, 0.1) is 0 Å². The van der Waals surface area contributed by atoms with Crippen LogP contribution in [0, 0.1) is 0 Å². The van der Waals surface area contributed by atoms with E-state index >= 15 is 0 Å². The molecule has 0 saturated heterocycles. The third kappa shape index (κ3) is 22.3. The highest BCUT2D eigenvalue weighted by Gasteiger charge is 1.85. The SMILES string of the molecule is CCc1ccccc1.Cl[SiH](Cl)Cl.O=S(=O)=[SiH]Cl. The quantitative estimate of drug-likeness (QED) is 0.563. The van der Waals surface area contributed by atoms with E-state index in [4.69, 9.17) is 44.3 Å². The molecule has 0 atom stereocenters. The topological polar surface area (TPSA) is 34.1 Å². The molecular weight excluding hydrogens is 358 g/mol. The lowest BCUT2D eigenvalue weighted by molar-refractivity contribution is 0.628. The number of halogens is 4. The third-order valence-corrected chi connectivity index (χ3v) is 3.22. The van der Waals surface area contributed by atoms with E-state index in [-0.39, 0.29) is 0 Å². The molecule has 98 valence electrons. The first-order chi connectivity index (χ1) is 7.93. The van der Waals surface area contributed by atoms with Crippen LogP contribution in [-0.4, -0.2) is 22.7 Å². The van der Waals surface area contributed by atoms with Crippen LogP contribution >= 0.6 is 44.3 Å². The van der Waals surface area contributed by atoms with Crippen LogP contribution in [0.25, 0.3) is 0 Å². The van der Waals surface area contributed by atoms with E-state index in [1.54, 1.807) is 0 Å². The first-order valence-electron chi connectivity index (χ1n) is 4.41. The summed E-state index contributed by atoms with van der Waals surface area (Å²) in [5.41, 5.74) is 1.41. The molecule has 0 spiro atoms. The highest BCUT2D eigenvalue weighted by Crippen LogP contribution is 1.97. The van der Waals surface area contributed by atoms with Crippen LogP contribution < -0.4 is 0 Å². The maximum Gasteiger partial charge on any atom is 0.326 e. The molecule has 0 aromatic heterocycles. The summed E-state index contributed by atoms with van der Waals surface area (Å²) in [5, 5.41) is 0. The van der Waals surface area contributed by atoms with Gasteiger partial charge in [0.2, 0.25) is 0 Å². The molecule has 0 bridgehead atoms. The minimum atomic E-state index is -1.97. The van der Waals surface area contributed by atoms with Gasteiger partial charge in [-0.15, -0.1) is 44.3 Å². The summed E-state index contributed by atoms with van der Waals surface area (Å²) in [5.74, 6) is 0. The van der Waals surface area contributed by atoms with E-state index in [1.807, 2.05) is 6.07 Å². The Bertz CT molecular complexity index is 386. The van der Waals surface area contributed by atoms with Crippen molar-refractivity contribution in [1.29, 1.82) is 0 Å². The van der Waals surface area contributed by atoms with Gasteiger partial charge < -0.3 is 0 Å². The molecule has 17 heavy (non-hydrogen) atoms. The van der Waals surface area contributed by atoms with Crippen molar-refractivity contribution in [3.05, 3.63) is 35.9 Å². The Hall–Kier alpha value is 0.634. The fraction of sp³-hybridized carbons (Fsp3) is 0.250. The van der Waals surface area contributed by atoms with E-state index in [0.29, 0.717) is 0 Å². The van der Waals surface area contributed by atoms with Crippen molar-refractivity contribution in [2.75, 3.05) is 0 Å². The monoisotopic (exact) mass is 368 g/mol. The lowest BCUT2D eigenvalue weighted by atomic mass is 10.2. The van der Waals surface area contributed by atoms with Crippen LogP contribution in [0.15, 0.2) is 30.3 Å². The van der Waals surface area contributed by atoms with Gasteiger partial charge in [0.25, 0.3) is 7.54 Å². The molecule has 0 fully saturated rings. The van der Waals surface area contributed by atoms with Crippen LogP contribution in [-0.2, 0) is 16.1 Å². The van der Waals surface area contributed by atoms with E-state index < -0.39 is 24.0 Å². The second kappa shape index (κ2) is 14.7. The Balaban J connectivity index is 0. The molecule has 2 nitrogen and oxygen atoms in total. The van der Waals surface area contributed by atoms with Crippen LogP contribution in [0.4, 0.5) is 0 Å². The fourth-order valence-electron chi connectivity index (χ4n) is 0.714. The van der Waals surface area contributed by atoms with Gasteiger partial charge in [0.15, 0.2) is 9.70 Å². The van der Waals surface area contributed by atoms with Crippen LogP contribution in [0.1, 0.15) is 12.5 Å². The van der Waals surface area contributed by atoms with Crippen LogP contribution in [0.2, 0.25) is 0 Å².